The highest BCUT2D eigenvalue weighted by Crippen LogP contribution is 2.35. The Hall–Kier alpha value is -0.660. The minimum Gasteiger partial charge on any atom is -0.506 e. The Morgan fingerprint density at radius 2 is 1.65 bits per heavy atom. The van der Waals surface area contributed by atoms with Crippen molar-refractivity contribution >= 4 is 45.3 Å². The number of rotatable bonds is 1. The molecule has 0 unspecified atom stereocenters. The Bertz CT molecular complexity index is 371. The van der Waals surface area contributed by atoms with Crippen LogP contribution in [0.4, 0.5) is 11.4 Å². The number of benzene rings is 1. The molecule has 1 aromatic carbocycles. The first-order valence-electron chi connectivity index (χ1n) is 4.82. The molecule has 0 amide bonds. The van der Waals surface area contributed by atoms with Gasteiger partial charge in [0.2, 0.25) is 0 Å². The molecule has 2 rings (SSSR count). The molecule has 1 aliphatic rings. The average Bonchev–Trinajstić information content (AvgIpc) is 2.25. The van der Waals surface area contributed by atoms with Crippen molar-refractivity contribution < 1.29 is 14.9 Å². The summed E-state index contributed by atoms with van der Waals surface area (Å²) < 4.78 is 5.20. The number of phenolic OH excluding ortho intramolecular Hbond substituents is 2. The maximum atomic E-state index is 9.69. The molecule has 5 nitrogen and oxygen atoms in total. The topological polar surface area (TPSA) is 79.0 Å². The maximum absolute atomic E-state index is 9.69. The number of morpholine rings is 1. The molecule has 0 aliphatic carbocycles. The second-order valence-electron chi connectivity index (χ2n) is 3.50. The zero-order chi connectivity index (χ0) is 10.8. The Morgan fingerprint density at radius 1 is 1.06 bits per heavy atom. The zero-order valence-corrected chi connectivity index (χ0v) is 12.6. The van der Waals surface area contributed by atoms with Crippen LogP contribution in [0.1, 0.15) is 0 Å². The molecule has 7 heteroatoms. The summed E-state index contributed by atoms with van der Waals surface area (Å²) in [5.74, 6) is 0.0847. The summed E-state index contributed by atoms with van der Waals surface area (Å²) in [5, 5.41) is 19.2. The normalized spacial score (nSPS) is 14.7. The Kier molecular flexibility index (Phi) is 6.66. The van der Waals surface area contributed by atoms with Crippen LogP contribution in [-0.4, -0.2) is 36.5 Å². The van der Waals surface area contributed by atoms with E-state index in [1.54, 1.807) is 0 Å². The molecule has 0 spiro atoms. The number of nitrogens with two attached hydrogens (primary N) is 1. The molecule has 17 heavy (non-hydrogen) atoms. The van der Waals surface area contributed by atoms with Gasteiger partial charge < -0.3 is 25.6 Å². The summed E-state index contributed by atoms with van der Waals surface area (Å²) in [6, 6.07) is 2.84. The summed E-state index contributed by atoms with van der Waals surface area (Å²) in [6.07, 6.45) is 0. The predicted molar refractivity (Wildman–Crippen MR) is 77.9 cm³/mol. The maximum Gasteiger partial charge on any atom is 0.141 e. The van der Waals surface area contributed by atoms with E-state index in [0.717, 1.165) is 0 Å². The van der Waals surface area contributed by atoms with E-state index >= 15 is 0 Å². The lowest BCUT2D eigenvalue weighted by Gasteiger charge is -2.29. The number of nitrogens with zero attached hydrogens (tertiary/aromatic N) is 1. The Balaban J connectivity index is 0.00000128. The van der Waals surface area contributed by atoms with E-state index in [0.29, 0.717) is 32.0 Å². The van der Waals surface area contributed by atoms with Crippen LogP contribution in [0.25, 0.3) is 0 Å². The smallest absolute Gasteiger partial charge is 0.141 e. The van der Waals surface area contributed by atoms with Gasteiger partial charge in [0.25, 0.3) is 0 Å². The van der Waals surface area contributed by atoms with Crippen molar-refractivity contribution in [2.75, 3.05) is 36.9 Å². The first-order valence-corrected chi connectivity index (χ1v) is 4.82. The van der Waals surface area contributed by atoms with Gasteiger partial charge >= 0.3 is 0 Å². The molecule has 1 heterocycles. The van der Waals surface area contributed by atoms with Crippen molar-refractivity contribution in [3.05, 3.63) is 12.1 Å². The Morgan fingerprint density at radius 3 is 2.24 bits per heavy atom. The van der Waals surface area contributed by atoms with Gasteiger partial charge in [-0.25, -0.2) is 0 Å². The highest BCUT2D eigenvalue weighted by atomic mass is 79.9. The lowest BCUT2D eigenvalue weighted by molar-refractivity contribution is 0.122. The highest BCUT2D eigenvalue weighted by Gasteiger charge is 2.16. The van der Waals surface area contributed by atoms with Crippen LogP contribution in [0.15, 0.2) is 12.1 Å². The molecule has 0 radical (unpaired) electrons. The van der Waals surface area contributed by atoms with Crippen molar-refractivity contribution in [3.8, 4) is 11.5 Å². The van der Waals surface area contributed by atoms with Gasteiger partial charge in [-0.15, -0.1) is 34.0 Å². The fraction of sp³-hybridized carbons (Fsp3) is 0.400. The van der Waals surface area contributed by atoms with Gasteiger partial charge in [-0.3, -0.25) is 0 Å². The third-order valence-corrected chi connectivity index (χ3v) is 2.48. The summed E-state index contributed by atoms with van der Waals surface area (Å²) in [7, 11) is 0. The van der Waals surface area contributed by atoms with Crippen LogP contribution >= 0.6 is 34.0 Å². The number of aromatic hydroxyl groups is 2. The second kappa shape index (κ2) is 6.93. The van der Waals surface area contributed by atoms with Gasteiger partial charge in [-0.2, -0.15) is 0 Å². The van der Waals surface area contributed by atoms with Gasteiger partial charge in [0.05, 0.1) is 24.6 Å². The quantitative estimate of drug-likeness (QED) is 0.397. The minimum atomic E-state index is -0.00529. The summed E-state index contributed by atoms with van der Waals surface area (Å²) in [6.45, 7) is 2.67. The first-order chi connectivity index (χ1) is 7.18. The van der Waals surface area contributed by atoms with Crippen LogP contribution in [0.2, 0.25) is 0 Å². The molecule has 1 saturated heterocycles. The van der Waals surface area contributed by atoms with Gasteiger partial charge in [-0.1, -0.05) is 0 Å². The number of halogens is 2. The molecular formula is C10H16Br2N2O3. The molecule has 1 aromatic rings. The van der Waals surface area contributed by atoms with E-state index in [9.17, 15) is 10.2 Å². The average molecular weight is 372 g/mol. The molecule has 1 aliphatic heterocycles. The molecule has 0 atom stereocenters. The lowest BCUT2D eigenvalue weighted by atomic mass is 10.2. The van der Waals surface area contributed by atoms with Crippen molar-refractivity contribution in [2.45, 2.75) is 0 Å². The predicted octanol–water partition coefficient (Wildman–Crippen LogP) is 1.67. The summed E-state index contributed by atoms with van der Waals surface area (Å²) >= 11 is 0. The monoisotopic (exact) mass is 370 g/mol. The van der Waals surface area contributed by atoms with Crippen LogP contribution < -0.4 is 10.6 Å². The van der Waals surface area contributed by atoms with E-state index in [2.05, 4.69) is 0 Å². The van der Waals surface area contributed by atoms with Crippen LogP contribution in [0.3, 0.4) is 0 Å². The molecule has 98 valence electrons. The van der Waals surface area contributed by atoms with Crippen molar-refractivity contribution in [1.29, 1.82) is 0 Å². The van der Waals surface area contributed by atoms with Crippen molar-refractivity contribution in [3.63, 3.8) is 0 Å². The number of nitrogen functional groups attached to an aromatic ring is 1. The van der Waals surface area contributed by atoms with E-state index in [1.165, 1.54) is 12.1 Å². The number of ether oxygens (including phenoxy) is 1. The highest BCUT2D eigenvalue weighted by molar-refractivity contribution is 8.93. The zero-order valence-electron chi connectivity index (χ0n) is 9.13. The standard InChI is InChI=1S/C10H14N2O3.2BrH/c11-7-5-10(14)8(6-9(7)13)12-1-3-15-4-2-12;;/h5-6,13-14H,1-4,11H2;2*1H. The summed E-state index contributed by atoms with van der Waals surface area (Å²) in [4.78, 5) is 1.96. The molecule has 0 saturated carbocycles. The van der Waals surface area contributed by atoms with Crippen molar-refractivity contribution in [1.82, 2.24) is 0 Å². The SMILES string of the molecule is Br.Br.Nc1cc(O)c(N2CCOCC2)cc1O. The third kappa shape index (κ3) is 3.65. The van der Waals surface area contributed by atoms with Crippen LogP contribution in [0, 0.1) is 0 Å². The fourth-order valence-corrected chi connectivity index (χ4v) is 1.64. The largest absolute Gasteiger partial charge is 0.506 e. The molecule has 1 fully saturated rings. The number of hydrogen-bond donors (Lipinski definition) is 3. The third-order valence-electron chi connectivity index (χ3n) is 2.48. The fourth-order valence-electron chi connectivity index (χ4n) is 1.64. The number of phenols is 2. The van der Waals surface area contributed by atoms with E-state index in [-0.39, 0.29) is 51.1 Å². The minimum absolute atomic E-state index is 0. The van der Waals surface area contributed by atoms with E-state index < -0.39 is 0 Å². The molecule has 0 aromatic heterocycles. The van der Waals surface area contributed by atoms with Gasteiger partial charge in [0.1, 0.15) is 11.5 Å². The van der Waals surface area contributed by atoms with Crippen LogP contribution in [0.5, 0.6) is 11.5 Å². The molecule has 4 N–H and O–H groups in total. The second-order valence-corrected chi connectivity index (χ2v) is 3.50. The van der Waals surface area contributed by atoms with Gasteiger partial charge in [-0.05, 0) is 0 Å². The summed E-state index contributed by atoms with van der Waals surface area (Å²) in [5.41, 5.74) is 6.25. The van der Waals surface area contributed by atoms with Crippen LogP contribution in [-0.2, 0) is 4.74 Å². The lowest BCUT2D eigenvalue weighted by Crippen LogP contribution is -2.36. The first kappa shape index (κ1) is 16.3. The van der Waals surface area contributed by atoms with E-state index in [4.69, 9.17) is 10.5 Å². The number of anilines is 2. The Labute approximate surface area is 121 Å². The molecular weight excluding hydrogens is 356 g/mol. The van der Waals surface area contributed by atoms with Crippen molar-refractivity contribution in [2.24, 2.45) is 0 Å². The number of hydrogen-bond acceptors (Lipinski definition) is 5. The van der Waals surface area contributed by atoms with Gasteiger partial charge in [0.15, 0.2) is 0 Å². The molecule has 0 bridgehead atoms. The van der Waals surface area contributed by atoms with E-state index in [1.807, 2.05) is 4.90 Å². The van der Waals surface area contributed by atoms with Gasteiger partial charge in [0, 0.05) is 25.2 Å².